The van der Waals surface area contributed by atoms with Gasteiger partial charge >= 0.3 is 6.09 Å². The van der Waals surface area contributed by atoms with Gasteiger partial charge < -0.3 is 19.9 Å². The van der Waals surface area contributed by atoms with Crippen molar-refractivity contribution >= 4 is 43.6 Å². The number of hydrogen-bond donors (Lipinski definition) is 1. The molecule has 0 aliphatic heterocycles. The number of carbonyl (C=O) groups excluding carboxylic acids is 1. The Morgan fingerprint density at radius 2 is 1.86 bits per heavy atom. The van der Waals surface area contributed by atoms with Gasteiger partial charge in [-0.05, 0) is 51.9 Å². The van der Waals surface area contributed by atoms with Gasteiger partial charge in [0.05, 0.1) is 5.39 Å². The van der Waals surface area contributed by atoms with Crippen LogP contribution in [0.1, 0.15) is 25.7 Å². The molecule has 2 heterocycles. The van der Waals surface area contributed by atoms with E-state index in [-0.39, 0.29) is 0 Å². The standard InChI is InChI=1S/C21H27N5O2S/c1-25(2)14-10-8-13(9-11-14)24-19-18-17-15(28-21(27)26(3)4)6-5-7-16(17)29-20(18)23-12-22-19/h5-7,12-14H,8-11H2,1-4H3,(H,22,23,24). The van der Waals surface area contributed by atoms with Crippen LogP contribution in [-0.2, 0) is 0 Å². The number of amides is 1. The van der Waals surface area contributed by atoms with Crippen molar-refractivity contribution in [3.63, 3.8) is 0 Å². The molecule has 1 aliphatic rings. The van der Waals surface area contributed by atoms with E-state index in [4.69, 9.17) is 4.74 Å². The first-order chi connectivity index (χ1) is 13.9. The number of nitrogens with zero attached hydrogens (tertiary/aromatic N) is 4. The van der Waals surface area contributed by atoms with Crippen molar-refractivity contribution in [2.45, 2.75) is 37.8 Å². The molecule has 2 aromatic heterocycles. The van der Waals surface area contributed by atoms with E-state index in [1.807, 2.05) is 18.2 Å². The summed E-state index contributed by atoms with van der Waals surface area (Å²) in [7, 11) is 7.66. The Labute approximate surface area is 174 Å². The van der Waals surface area contributed by atoms with Gasteiger partial charge in [-0.1, -0.05) is 6.07 Å². The lowest BCUT2D eigenvalue weighted by Gasteiger charge is -2.33. The number of thiophene rings is 1. The Hall–Kier alpha value is -2.45. The second-order valence-electron chi connectivity index (χ2n) is 8.01. The molecule has 0 atom stereocenters. The van der Waals surface area contributed by atoms with Crippen molar-refractivity contribution < 1.29 is 9.53 Å². The fraction of sp³-hybridized carbons (Fsp3) is 0.476. The van der Waals surface area contributed by atoms with Gasteiger partial charge in [0, 0.05) is 36.3 Å². The third-order valence-electron chi connectivity index (χ3n) is 5.59. The molecule has 1 fully saturated rings. The van der Waals surface area contributed by atoms with Gasteiger partial charge in [0.1, 0.15) is 22.7 Å². The van der Waals surface area contributed by atoms with Gasteiger partial charge in [0.15, 0.2) is 0 Å². The van der Waals surface area contributed by atoms with E-state index in [9.17, 15) is 4.79 Å². The highest BCUT2D eigenvalue weighted by Gasteiger charge is 2.24. The number of benzene rings is 1. The summed E-state index contributed by atoms with van der Waals surface area (Å²) in [5.74, 6) is 1.37. The lowest BCUT2D eigenvalue weighted by molar-refractivity contribution is 0.172. The number of anilines is 1. The highest BCUT2D eigenvalue weighted by molar-refractivity contribution is 7.25. The van der Waals surface area contributed by atoms with Crippen molar-refractivity contribution in [3.8, 4) is 5.75 Å². The maximum Gasteiger partial charge on any atom is 0.414 e. The summed E-state index contributed by atoms with van der Waals surface area (Å²) in [6, 6.07) is 6.79. The highest BCUT2D eigenvalue weighted by atomic mass is 32.1. The molecule has 1 aromatic carbocycles. The third kappa shape index (κ3) is 4.00. The zero-order valence-electron chi connectivity index (χ0n) is 17.3. The number of ether oxygens (including phenoxy) is 1. The van der Waals surface area contributed by atoms with Gasteiger partial charge in [-0.25, -0.2) is 14.8 Å². The van der Waals surface area contributed by atoms with Crippen LogP contribution >= 0.6 is 11.3 Å². The molecule has 7 nitrogen and oxygen atoms in total. The molecule has 0 saturated heterocycles. The van der Waals surface area contributed by atoms with E-state index >= 15 is 0 Å². The van der Waals surface area contributed by atoms with E-state index in [1.165, 1.54) is 17.7 Å². The highest BCUT2D eigenvalue weighted by Crippen LogP contribution is 2.41. The molecule has 0 unspecified atom stereocenters. The molecule has 3 aromatic rings. The molecular formula is C21H27N5O2S. The zero-order chi connectivity index (χ0) is 20.5. The smallest absolute Gasteiger partial charge is 0.409 e. The maximum absolute atomic E-state index is 12.2. The summed E-state index contributed by atoms with van der Waals surface area (Å²) in [5, 5.41) is 5.48. The summed E-state index contributed by atoms with van der Waals surface area (Å²) >= 11 is 1.59. The molecule has 0 radical (unpaired) electrons. The molecular weight excluding hydrogens is 386 g/mol. The molecule has 1 aliphatic carbocycles. The van der Waals surface area contributed by atoms with Crippen molar-refractivity contribution in [2.24, 2.45) is 0 Å². The normalized spacial score (nSPS) is 19.6. The largest absolute Gasteiger partial charge is 0.414 e. The van der Waals surface area contributed by atoms with Crippen LogP contribution in [-0.4, -0.2) is 66.1 Å². The molecule has 8 heteroatoms. The molecule has 0 bridgehead atoms. The molecule has 154 valence electrons. The first-order valence-corrected chi connectivity index (χ1v) is 10.7. The lowest BCUT2D eigenvalue weighted by Crippen LogP contribution is -2.36. The minimum absolute atomic E-state index is 0.385. The fourth-order valence-corrected chi connectivity index (χ4v) is 4.99. The minimum Gasteiger partial charge on any atom is -0.409 e. The second kappa shape index (κ2) is 8.12. The number of aromatic nitrogens is 2. The van der Waals surface area contributed by atoms with Crippen LogP contribution in [0.5, 0.6) is 5.75 Å². The van der Waals surface area contributed by atoms with Crippen LogP contribution in [0.4, 0.5) is 10.6 Å². The number of fused-ring (bicyclic) bond motifs is 3. The van der Waals surface area contributed by atoms with Crippen LogP contribution < -0.4 is 10.1 Å². The van der Waals surface area contributed by atoms with E-state index in [0.29, 0.717) is 17.8 Å². The maximum atomic E-state index is 12.2. The van der Waals surface area contributed by atoms with Gasteiger partial charge in [-0.15, -0.1) is 11.3 Å². The fourth-order valence-electron chi connectivity index (χ4n) is 3.93. The van der Waals surface area contributed by atoms with Crippen LogP contribution in [0.25, 0.3) is 20.3 Å². The van der Waals surface area contributed by atoms with Crippen molar-refractivity contribution in [1.29, 1.82) is 0 Å². The minimum atomic E-state index is -0.398. The molecule has 29 heavy (non-hydrogen) atoms. The molecule has 1 saturated carbocycles. The second-order valence-corrected chi connectivity index (χ2v) is 9.04. The first-order valence-electron chi connectivity index (χ1n) is 9.92. The molecule has 0 spiro atoms. The predicted octanol–water partition coefficient (Wildman–Crippen LogP) is 4.19. The van der Waals surface area contributed by atoms with Crippen LogP contribution in [0.3, 0.4) is 0 Å². The van der Waals surface area contributed by atoms with Gasteiger partial charge in [0.25, 0.3) is 0 Å². The van der Waals surface area contributed by atoms with E-state index in [0.717, 1.165) is 39.0 Å². The van der Waals surface area contributed by atoms with E-state index in [2.05, 4.69) is 34.3 Å². The number of carbonyl (C=O) groups is 1. The van der Waals surface area contributed by atoms with Crippen LogP contribution in [0, 0.1) is 0 Å². The molecule has 4 rings (SSSR count). The van der Waals surface area contributed by atoms with Crippen LogP contribution in [0.15, 0.2) is 24.5 Å². The number of hydrogen-bond acceptors (Lipinski definition) is 7. The Bertz CT molecular complexity index is 1020. The molecule has 1 amide bonds. The average molecular weight is 414 g/mol. The Kier molecular flexibility index (Phi) is 5.56. The lowest BCUT2D eigenvalue weighted by atomic mass is 9.90. The summed E-state index contributed by atoms with van der Waals surface area (Å²) in [6.45, 7) is 0. The average Bonchev–Trinajstić information content (AvgIpc) is 3.09. The van der Waals surface area contributed by atoms with Crippen molar-refractivity contribution in [1.82, 2.24) is 19.8 Å². The number of nitrogens with one attached hydrogen (secondary N) is 1. The summed E-state index contributed by atoms with van der Waals surface area (Å²) in [6.07, 6.45) is 5.78. The topological polar surface area (TPSA) is 70.6 Å². The van der Waals surface area contributed by atoms with Gasteiger partial charge in [-0.3, -0.25) is 0 Å². The first kappa shape index (κ1) is 19.8. The summed E-state index contributed by atoms with van der Waals surface area (Å²) < 4.78 is 6.68. The predicted molar refractivity (Wildman–Crippen MR) is 118 cm³/mol. The SMILES string of the molecule is CN(C)C(=O)Oc1cccc2sc3ncnc(NC4CCC(N(C)C)CC4)c3c12. The summed E-state index contributed by atoms with van der Waals surface area (Å²) in [5.41, 5.74) is 0. The Balaban J connectivity index is 1.69. The van der Waals surface area contributed by atoms with Crippen molar-refractivity contribution in [2.75, 3.05) is 33.5 Å². The van der Waals surface area contributed by atoms with Gasteiger partial charge in [-0.2, -0.15) is 0 Å². The van der Waals surface area contributed by atoms with Crippen molar-refractivity contribution in [3.05, 3.63) is 24.5 Å². The van der Waals surface area contributed by atoms with E-state index < -0.39 is 6.09 Å². The van der Waals surface area contributed by atoms with Gasteiger partial charge in [0.2, 0.25) is 0 Å². The Morgan fingerprint density at radius 1 is 1.10 bits per heavy atom. The third-order valence-corrected chi connectivity index (χ3v) is 6.65. The zero-order valence-corrected chi connectivity index (χ0v) is 18.1. The van der Waals surface area contributed by atoms with E-state index in [1.54, 1.807) is 31.8 Å². The van der Waals surface area contributed by atoms with Crippen LogP contribution in [0.2, 0.25) is 0 Å². The molecule has 1 N–H and O–H groups in total. The summed E-state index contributed by atoms with van der Waals surface area (Å²) in [4.78, 5) is 25.8. The number of rotatable bonds is 4. The quantitative estimate of drug-likeness (QED) is 0.692. The Morgan fingerprint density at radius 3 is 2.55 bits per heavy atom. The monoisotopic (exact) mass is 413 g/mol.